The molecule has 6 heteroatoms. The lowest BCUT2D eigenvalue weighted by Gasteiger charge is -2.13. The summed E-state index contributed by atoms with van der Waals surface area (Å²) in [4.78, 5) is 0. The zero-order chi connectivity index (χ0) is 15.3. The van der Waals surface area contributed by atoms with Crippen LogP contribution in [0.3, 0.4) is 0 Å². The van der Waals surface area contributed by atoms with Gasteiger partial charge < -0.3 is 4.74 Å². The maximum absolute atomic E-state index is 10.9. The van der Waals surface area contributed by atoms with Crippen molar-refractivity contribution in [3.05, 3.63) is 27.7 Å². The molecule has 114 valence electrons. The minimum Gasteiger partial charge on any atom is -0.494 e. The fourth-order valence-corrected chi connectivity index (χ4v) is 2.84. The van der Waals surface area contributed by atoms with E-state index in [-0.39, 0.29) is 11.7 Å². The highest BCUT2D eigenvalue weighted by molar-refractivity contribution is 9.10. The maximum atomic E-state index is 10.9. The lowest BCUT2D eigenvalue weighted by Crippen LogP contribution is -2.18. The van der Waals surface area contributed by atoms with E-state index in [1.807, 2.05) is 32.9 Å². The normalized spacial score (nSPS) is 13.2. The first-order valence-corrected chi connectivity index (χ1v) is 9.10. The monoisotopic (exact) mass is 363 g/mol. The molecule has 4 nitrogen and oxygen atoms in total. The van der Waals surface area contributed by atoms with Crippen LogP contribution in [0.15, 0.2) is 16.6 Å². The Morgan fingerprint density at radius 1 is 1.25 bits per heavy atom. The van der Waals surface area contributed by atoms with Crippen LogP contribution in [-0.2, 0) is 10.0 Å². The zero-order valence-corrected chi connectivity index (χ0v) is 14.6. The number of hydrogen-bond acceptors (Lipinski definition) is 3. The molecule has 0 heterocycles. The van der Waals surface area contributed by atoms with Crippen LogP contribution < -0.4 is 9.88 Å². The predicted molar refractivity (Wildman–Crippen MR) is 85.5 cm³/mol. The fraction of sp³-hybridized carbons (Fsp3) is 0.571. The van der Waals surface area contributed by atoms with Crippen LogP contribution in [0.1, 0.15) is 30.9 Å². The quantitative estimate of drug-likeness (QED) is 0.808. The third-order valence-corrected chi connectivity index (χ3v) is 5.24. The van der Waals surface area contributed by atoms with E-state index in [0.717, 1.165) is 27.8 Å². The summed E-state index contributed by atoms with van der Waals surface area (Å²) < 4.78 is 28.6. The van der Waals surface area contributed by atoms with E-state index in [0.29, 0.717) is 13.0 Å². The van der Waals surface area contributed by atoms with Crippen molar-refractivity contribution in [3.63, 3.8) is 0 Å². The Kier molecular flexibility index (Phi) is 6.48. The smallest absolute Gasteiger partial charge is 0.209 e. The maximum Gasteiger partial charge on any atom is 0.209 e. The van der Waals surface area contributed by atoms with Gasteiger partial charge in [0.05, 0.1) is 12.4 Å². The summed E-state index contributed by atoms with van der Waals surface area (Å²) in [5.41, 5.74) is 2.28. The molecule has 0 saturated carbocycles. The van der Waals surface area contributed by atoms with E-state index in [1.54, 1.807) is 0 Å². The Hall–Kier alpha value is -0.590. The molecule has 0 spiro atoms. The molecule has 0 aliphatic heterocycles. The Balaban J connectivity index is 2.41. The topological polar surface area (TPSA) is 69.4 Å². The molecule has 1 aromatic carbocycles. The van der Waals surface area contributed by atoms with Gasteiger partial charge in [-0.2, -0.15) is 0 Å². The van der Waals surface area contributed by atoms with Gasteiger partial charge >= 0.3 is 0 Å². The zero-order valence-electron chi connectivity index (χ0n) is 12.1. The molecule has 1 atom stereocenters. The number of primary sulfonamides is 1. The largest absolute Gasteiger partial charge is 0.494 e. The highest BCUT2D eigenvalue weighted by Gasteiger charge is 2.09. The molecule has 0 aliphatic rings. The minimum absolute atomic E-state index is 0.0324. The van der Waals surface area contributed by atoms with Gasteiger partial charge in [-0.05, 0) is 55.9 Å². The summed E-state index contributed by atoms with van der Waals surface area (Å²) in [6.45, 7) is 6.64. The highest BCUT2D eigenvalue weighted by Crippen LogP contribution is 2.26. The first-order valence-electron chi connectivity index (χ1n) is 6.59. The average molecular weight is 364 g/mol. The molecule has 0 aliphatic carbocycles. The molecule has 0 bridgehead atoms. The van der Waals surface area contributed by atoms with E-state index >= 15 is 0 Å². The minimum atomic E-state index is -3.36. The van der Waals surface area contributed by atoms with Crippen LogP contribution in [0, 0.1) is 19.8 Å². The van der Waals surface area contributed by atoms with Gasteiger partial charge in [0.15, 0.2) is 0 Å². The molecular formula is C14H22BrNO3S. The van der Waals surface area contributed by atoms with Crippen molar-refractivity contribution >= 4 is 26.0 Å². The first kappa shape index (κ1) is 17.5. The third-order valence-electron chi connectivity index (χ3n) is 3.18. The van der Waals surface area contributed by atoms with Crippen LogP contribution >= 0.6 is 15.9 Å². The van der Waals surface area contributed by atoms with Crippen LogP contribution in [0.2, 0.25) is 0 Å². The van der Waals surface area contributed by atoms with E-state index < -0.39 is 10.0 Å². The molecule has 0 amide bonds. The Bertz CT molecular complexity index is 535. The second-order valence-electron chi connectivity index (χ2n) is 5.27. The molecule has 0 saturated heterocycles. The number of ether oxygens (including phenoxy) is 1. The van der Waals surface area contributed by atoms with Crippen LogP contribution in [0.5, 0.6) is 5.75 Å². The van der Waals surface area contributed by atoms with Crippen LogP contribution in [0.25, 0.3) is 0 Å². The second-order valence-corrected chi connectivity index (χ2v) is 7.80. The van der Waals surface area contributed by atoms with Crippen LogP contribution in [-0.4, -0.2) is 20.8 Å². The summed E-state index contributed by atoms with van der Waals surface area (Å²) in [6, 6.07) is 3.98. The van der Waals surface area contributed by atoms with Gasteiger partial charge in [-0.3, -0.25) is 0 Å². The summed E-state index contributed by atoms with van der Waals surface area (Å²) >= 11 is 3.52. The number of halogens is 1. The van der Waals surface area contributed by atoms with E-state index in [2.05, 4.69) is 15.9 Å². The number of rotatable bonds is 7. The van der Waals surface area contributed by atoms with Crippen molar-refractivity contribution in [1.29, 1.82) is 0 Å². The first-order chi connectivity index (χ1) is 9.19. The van der Waals surface area contributed by atoms with Crippen molar-refractivity contribution < 1.29 is 13.2 Å². The Labute approximate surface area is 129 Å². The summed E-state index contributed by atoms with van der Waals surface area (Å²) in [5, 5.41) is 4.99. The molecule has 0 radical (unpaired) electrons. The van der Waals surface area contributed by atoms with Gasteiger partial charge in [0, 0.05) is 4.47 Å². The molecule has 1 unspecified atom stereocenters. The number of aryl methyl sites for hydroxylation is 2. The van der Waals surface area contributed by atoms with Gasteiger partial charge in [-0.15, -0.1) is 0 Å². The molecule has 0 aromatic heterocycles. The summed E-state index contributed by atoms with van der Waals surface area (Å²) in [7, 11) is -3.36. The summed E-state index contributed by atoms with van der Waals surface area (Å²) in [5.74, 6) is 1.15. The molecular weight excluding hydrogens is 342 g/mol. The number of nitrogens with two attached hydrogens (primary N) is 1. The lowest BCUT2D eigenvalue weighted by atomic mass is 10.1. The summed E-state index contributed by atoms with van der Waals surface area (Å²) in [6.07, 6.45) is 1.38. The molecule has 2 N–H and O–H groups in total. The standard InChI is InChI=1S/C14H22BrNO3S/c1-10(5-7-20(16,17)18)4-6-19-13-8-11(2)14(15)12(3)9-13/h8-10H,4-7H2,1-3H3,(H2,16,17,18). The van der Waals surface area contributed by atoms with E-state index in [4.69, 9.17) is 9.88 Å². The van der Waals surface area contributed by atoms with Gasteiger partial charge in [0.25, 0.3) is 0 Å². The van der Waals surface area contributed by atoms with Gasteiger partial charge in [-0.1, -0.05) is 22.9 Å². The molecule has 1 rings (SSSR count). The van der Waals surface area contributed by atoms with Crippen molar-refractivity contribution in [2.45, 2.75) is 33.6 Å². The lowest BCUT2D eigenvalue weighted by molar-refractivity contribution is 0.281. The third kappa shape index (κ3) is 6.24. The molecule has 1 aromatic rings. The van der Waals surface area contributed by atoms with Crippen LogP contribution in [0.4, 0.5) is 0 Å². The fourth-order valence-electron chi connectivity index (χ4n) is 1.88. The van der Waals surface area contributed by atoms with Crippen molar-refractivity contribution in [2.24, 2.45) is 11.1 Å². The average Bonchev–Trinajstić information content (AvgIpc) is 2.32. The Morgan fingerprint density at radius 3 is 2.30 bits per heavy atom. The number of hydrogen-bond donors (Lipinski definition) is 1. The van der Waals surface area contributed by atoms with Gasteiger partial charge in [-0.25, -0.2) is 13.6 Å². The predicted octanol–water partition coefficient (Wildman–Crippen LogP) is 3.15. The molecule has 0 fully saturated rings. The van der Waals surface area contributed by atoms with Crippen molar-refractivity contribution in [3.8, 4) is 5.75 Å². The highest BCUT2D eigenvalue weighted by atomic mass is 79.9. The second kappa shape index (κ2) is 7.43. The SMILES string of the molecule is Cc1cc(OCCC(C)CCS(N)(=O)=O)cc(C)c1Br. The van der Waals surface area contributed by atoms with Gasteiger partial charge in [0.2, 0.25) is 10.0 Å². The molecule has 20 heavy (non-hydrogen) atoms. The van der Waals surface area contributed by atoms with E-state index in [1.165, 1.54) is 0 Å². The van der Waals surface area contributed by atoms with E-state index in [9.17, 15) is 8.42 Å². The Morgan fingerprint density at radius 2 is 1.80 bits per heavy atom. The number of benzene rings is 1. The van der Waals surface area contributed by atoms with Crippen molar-refractivity contribution in [1.82, 2.24) is 0 Å². The van der Waals surface area contributed by atoms with Gasteiger partial charge in [0.1, 0.15) is 5.75 Å². The number of sulfonamides is 1. The van der Waals surface area contributed by atoms with Crippen molar-refractivity contribution in [2.75, 3.05) is 12.4 Å².